The van der Waals surface area contributed by atoms with Gasteiger partial charge in [-0.2, -0.15) is 13.2 Å². The molecule has 0 saturated carbocycles. The number of nitrogens with zero attached hydrogens (tertiary/aromatic N) is 3. The Kier molecular flexibility index (Phi) is 5.30. The maximum atomic E-state index is 13.4. The third-order valence-electron chi connectivity index (χ3n) is 4.48. The Bertz CT molecular complexity index is 888. The Labute approximate surface area is 158 Å². The van der Waals surface area contributed by atoms with Gasteiger partial charge in [-0.15, -0.1) is 0 Å². The van der Waals surface area contributed by atoms with Crippen LogP contribution in [0.25, 0.3) is 0 Å². The van der Waals surface area contributed by atoms with Crippen molar-refractivity contribution < 1.29 is 27.1 Å². The molecular formula is C18H18F4N4O2. The number of rotatable bonds is 3. The second-order valence-electron chi connectivity index (χ2n) is 6.30. The van der Waals surface area contributed by atoms with Crippen molar-refractivity contribution in [2.45, 2.75) is 19.3 Å². The van der Waals surface area contributed by atoms with E-state index in [9.17, 15) is 22.4 Å². The number of nitrogens with two attached hydrogens (primary N) is 1. The van der Waals surface area contributed by atoms with Crippen molar-refractivity contribution in [1.82, 2.24) is 9.88 Å². The number of hydrogen-bond acceptors (Lipinski definition) is 5. The fourth-order valence-corrected chi connectivity index (χ4v) is 3.13. The molecule has 0 saturated heterocycles. The highest BCUT2D eigenvalue weighted by molar-refractivity contribution is 5.82. The normalized spacial score (nSPS) is 14.5. The summed E-state index contributed by atoms with van der Waals surface area (Å²) in [4.78, 5) is 18.3. The van der Waals surface area contributed by atoms with Crippen LogP contribution < -0.4 is 15.4 Å². The standard InChI is InChI=1S/C18H18F4N4O2/c1-28-16-4-2-3-15-12(16)10-26(17(27)18(20,21)22)6-5-25(15)9-11-7-14(23)13(19)8-24-11/h2-4,7-8H,5-6,9-10H2,1H3,(H2,23,24). The molecule has 0 fully saturated rings. The summed E-state index contributed by atoms with van der Waals surface area (Å²) in [6, 6.07) is 6.43. The van der Waals surface area contributed by atoms with Crippen LogP contribution in [0.4, 0.5) is 28.9 Å². The number of ether oxygens (including phenoxy) is 1. The van der Waals surface area contributed by atoms with Crippen LogP contribution >= 0.6 is 0 Å². The molecule has 0 aliphatic carbocycles. The fourth-order valence-electron chi connectivity index (χ4n) is 3.13. The van der Waals surface area contributed by atoms with E-state index in [1.807, 2.05) is 0 Å². The molecule has 2 N–H and O–H groups in total. The Morgan fingerprint density at radius 1 is 1.32 bits per heavy atom. The molecule has 2 heterocycles. The molecule has 1 aliphatic rings. The predicted octanol–water partition coefficient (Wildman–Crippen LogP) is 2.72. The molecule has 1 aromatic heterocycles. The van der Waals surface area contributed by atoms with Gasteiger partial charge in [0.15, 0.2) is 5.82 Å². The van der Waals surface area contributed by atoms with Crippen LogP contribution in [0, 0.1) is 5.82 Å². The smallest absolute Gasteiger partial charge is 0.471 e. The fraction of sp³-hybridized carbons (Fsp3) is 0.333. The molecule has 150 valence electrons. The molecule has 1 aliphatic heterocycles. The van der Waals surface area contributed by atoms with Gasteiger partial charge in [-0.25, -0.2) is 4.39 Å². The molecule has 0 spiro atoms. The van der Waals surface area contributed by atoms with E-state index < -0.39 is 17.9 Å². The number of benzene rings is 1. The topological polar surface area (TPSA) is 71.7 Å². The van der Waals surface area contributed by atoms with Crippen molar-refractivity contribution in [2.24, 2.45) is 0 Å². The van der Waals surface area contributed by atoms with E-state index >= 15 is 0 Å². The van der Waals surface area contributed by atoms with Crippen molar-refractivity contribution in [1.29, 1.82) is 0 Å². The summed E-state index contributed by atoms with van der Waals surface area (Å²) in [7, 11) is 1.41. The molecule has 6 nitrogen and oxygen atoms in total. The minimum atomic E-state index is -4.97. The van der Waals surface area contributed by atoms with Crippen LogP contribution in [0.5, 0.6) is 5.75 Å². The quantitative estimate of drug-likeness (QED) is 0.805. The maximum absolute atomic E-state index is 13.4. The van der Waals surface area contributed by atoms with Gasteiger partial charge in [0.05, 0.1) is 37.8 Å². The Hall–Kier alpha value is -3.04. The highest BCUT2D eigenvalue weighted by Crippen LogP contribution is 2.34. The summed E-state index contributed by atoms with van der Waals surface area (Å²) in [6.07, 6.45) is -3.97. The van der Waals surface area contributed by atoms with Gasteiger partial charge in [-0.1, -0.05) is 6.07 Å². The van der Waals surface area contributed by atoms with Crippen molar-refractivity contribution in [3.8, 4) is 5.75 Å². The van der Waals surface area contributed by atoms with Crippen LogP contribution in [0.15, 0.2) is 30.5 Å². The monoisotopic (exact) mass is 398 g/mol. The van der Waals surface area contributed by atoms with Gasteiger partial charge in [0.1, 0.15) is 5.75 Å². The van der Waals surface area contributed by atoms with Crippen LogP contribution in [-0.2, 0) is 17.9 Å². The Morgan fingerprint density at radius 2 is 2.07 bits per heavy atom. The zero-order valence-corrected chi connectivity index (χ0v) is 15.0. The van der Waals surface area contributed by atoms with Crippen molar-refractivity contribution >= 4 is 17.3 Å². The predicted molar refractivity (Wildman–Crippen MR) is 94.1 cm³/mol. The van der Waals surface area contributed by atoms with Crippen LogP contribution in [0.3, 0.4) is 0 Å². The highest BCUT2D eigenvalue weighted by atomic mass is 19.4. The van der Waals surface area contributed by atoms with Crippen LogP contribution in [0.2, 0.25) is 0 Å². The average Bonchev–Trinajstić information content (AvgIpc) is 2.83. The molecule has 2 aromatic rings. The number of anilines is 2. The third-order valence-corrected chi connectivity index (χ3v) is 4.48. The van der Waals surface area contributed by atoms with E-state index in [2.05, 4.69) is 4.98 Å². The van der Waals surface area contributed by atoms with E-state index in [0.717, 1.165) is 11.1 Å². The van der Waals surface area contributed by atoms with Crippen molar-refractivity contribution in [3.05, 3.63) is 47.5 Å². The number of nitrogen functional groups attached to an aromatic ring is 1. The van der Waals surface area contributed by atoms with E-state index in [1.165, 1.54) is 13.2 Å². The summed E-state index contributed by atoms with van der Waals surface area (Å²) >= 11 is 0. The summed E-state index contributed by atoms with van der Waals surface area (Å²) in [5, 5.41) is 0. The number of alkyl halides is 3. The SMILES string of the molecule is COc1cccc2c1CN(C(=O)C(F)(F)F)CCN2Cc1cc(N)c(F)cn1. The maximum Gasteiger partial charge on any atom is 0.471 e. The molecule has 1 amide bonds. The van der Waals surface area contributed by atoms with E-state index in [1.54, 1.807) is 23.1 Å². The summed E-state index contributed by atoms with van der Waals surface area (Å²) in [5.41, 5.74) is 7.02. The lowest BCUT2D eigenvalue weighted by Crippen LogP contribution is -2.42. The summed E-state index contributed by atoms with van der Waals surface area (Å²) in [6.45, 7) is -0.0837. The number of pyridine rings is 1. The van der Waals surface area contributed by atoms with Crippen LogP contribution in [0.1, 0.15) is 11.3 Å². The minimum Gasteiger partial charge on any atom is -0.496 e. The summed E-state index contributed by atoms with van der Waals surface area (Å²) < 4.78 is 57.5. The Balaban J connectivity index is 1.97. The van der Waals surface area contributed by atoms with Gasteiger partial charge in [-0.05, 0) is 18.2 Å². The second-order valence-corrected chi connectivity index (χ2v) is 6.30. The van der Waals surface area contributed by atoms with Gasteiger partial charge < -0.3 is 20.3 Å². The zero-order chi connectivity index (χ0) is 20.5. The van der Waals surface area contributed by atoms with Gasteiger partial charge >= 0.3 is 12.1 Å². The molecule has 0 atom stereocenters. The molecule has 0 radical (unpaired) electrons. The number of amides is 1. The Morgan fingerprint density at radius 3 is 2.71 bits per heavy atom. The van der Waals surface area contributed by atoms with Gasteiger partial charge in [0.2, 0.25) is 0 Å². The number of carbonyl (C=O) groups excluding carboxylic acids is 1. The third kappa shape index (κ3) is 3.95. The van der Waals surface area contributed by atoms with Gasteiger partial charge in [-0.3, -0.25) is 9.78 Å². The van der Waals surface area contributed by atoms with E-state index in [0.29, 0.717) is 22.7 Å². The lowest BCUT2D eigenvalue weighted by atomic mass is 10.1. The lowest BCUT2D eigenvalue weighted by molar-refractivity contribution is -0.185. The minimum absolute atomic E-state index is 0.0698. The molecule has 28 heavy (non-hydrogen) atoms. The molecule has 10 heteroatoms. The first-order chi connectivity index (χ1) is 13.2. The average molecular weight is 398 g/mol. The summed E-state index contributed by atoms with van der Waals surface area (Å²) in [5.74, 6) is -2.19. The number of aromatic nitrogens is 1. The number of fused-ring (bicyclic) bond motifs is 1. The number of carbonyl (C=O) groups is 1. The molecule has 0 bridgehead atoms. The van der Waals surface area contributed by atoms with E-state index in [4.69, 9.17) is 10.5 Å². The number of hydrogen-bond donors (Lipinski definition) is 1. The first-order valence-corrected chi connectivity index (χ1v) is 8.37. The van der Waals surface area contributed by atoms with Gasteiger partial charge in [0.25, 0.3) is 0 Å². The van der Waals surface area contributed by atoms with Crippen LogP contribution in [-0.4, -0.2) is 42.2 Å². The highest BCUT2D eigenvalue weighted by Gasteiger charge is 2.43. The first kappa shape index (κ1) is 19.7. The number of halogens is 4. The zero-order valence-electron chi connectivity index (χ0n) is 15.0. The first-order valence-electron chi connectivity index (χ1n) is 8.37. The van der Waals surface area contributed by atoms with Crippen molar-refractivity contribution in [2.75, 3.05) is 30.8 Å². The second kappa shape index (κ2) is 7.53. The van der Waals surface area contributed by atoms with Crippen molar-refractivity contribution in [3.63, 3.8) is 0 Å². The molecule has 1 aromatic carbocycles. The van der Waals surface area contributed by atoms with Gasteiger partial charge in [0, 0.05) is 24.3 Å². The van der Waals surface area contributed by atoms with E-state index in [-0.39, 0.29) is 31.9 Å². The molecular weight excluding hydrogens is 380 g/mol. The lowest BCUT2D eigenvalue weighted by Gasteiger charge is -2.25. The largest absolute Gasteiger partial charge is 0.496 e. The molecule has 0 unspecified atom stereocenters. The number of methoxy groups -OCH3 is 1. The molecule has 3 rings (SSSR count).